The molecule has 0 saturated carbocycles. The molecule has 0 bridgehead atoms. The monoisotopic (exact) mass is 249 g/mol. The van der Waals surface area contributed by atoms with Gasteiger partial charge in [0.2, 0.25) is 0 Å². The van der Waals surface area contributed by atoms with E-state index >= 15 is 0 Å². The highest BCUT2D eigenvalue weighted by Gasteiger charge is 2.17. The molecule has 0 atom stereocenters. The van der Waals surface area contributed by atoms with E-state index in [-0.39, 0.29) is 5.56 Å². The fourth-order valence-electron chi connectivity index (χ4n) is 2.48. The fraction of sp³-hybridized carbons (Fsp3) is 0.118. The van der Waals surface area contributed by atoms with Crippen LogP contribution >= 0.6 is 0 Å². The van der Waals surface area contributed by atoms with Crippen LogP contribution in [-0.4, -0.2) is 4.57 Å². The third-order valence-corrected chi connectivity index (χ3v) is 3.49. The first-order valence-corrected chi connectivity index (χ1v) is 6.38. The first-order chi connectivity index (χ1) is 9.27. The molecule has 0 N–H and O–H groups in total. The third kappa shape index (κ3) is 2.06. The second kappa shape index (κ2) is 4.73. The topological polar surface area (TPSA) is 22.0 Å². The Kier molecular flexibility index (Phi) is 2.92. The first-order valence-electron chi connectivity index (χ1n) is 6.38. The van der Waals surface area contributed by atoms with Gasteiger partial charge in [-0.15, -0.1) is 0 Å². The minimum atomic E-state index is 0.102. The van der Waals surface area contributed by atoms with Gasteiger partial charge in [0.05, 0.1) is 5.69 Å². The molecule has 2 aliphatic rings. The van der Waals surface area contributed by atoms with Gasteiger partial charge in [-0.1, -0.05) is 54.6 Å². The Labute approximate surface area is 112 Å². The summed E-state index contributed by atoms with van der Waals surface area (Å²) in [6, 6.07) is 20.1. The quantitative estimate of drug-likeness (QED) is 0.684. The third-order valence-electron chi connectivity index (χ3n) is 3.49. The van der Waals surface area contributed by atoms with Crippen LogP contribution in [0.4, 0.5) is 0 Å². The number of benzene rings is 1. The Hall–Kier alpha value is -2.35. The number of rotatable bonds is 2. The summed E-state index contributed by atoms with van der Waals surface area (Å²) in [7, 11) is 1.83. The van der Waals surface area contributed by atoms with E-state index in [1.54, 1.807) is 4.57 Å². The number of hydrogen-bond donors (Lipinski definition) is 0. The van der Waals surface area contributed by atoms with Crippen molar-refractivity contribution in [2.45, 2.75) is 6.42 Å². The first kappa shape index (κ1) is 11.7. The van der Waals surface area contributed by atoms with Gasteiger partial charge in [-0.3, -0.25) is 4.79 Å². The van der Waals surface area contributed by atoms with Crippen LogP contribution in [0.15, 0.2) is 65.5 Å². The Morgan fingerprint density at radius 2 is 1.53 bits per heavy atom. The molecule has 0 aromatic heterocycles. The van der Waals surface area contributed by atoms with Crippen molar-refractivity contribution in [1.82, 2.24) is 4.57 Å². The molecule has 19 heavy (non-hydrogen) atoms. The van der Waals surface area contributed by atoms with E-state index in [1.165, 1.54) is 5.56 Å². The molecule has 0 fully saturated rings. The van der Waals surface area contributed by atoms with Crippen LogP contribution in [0.3, 0.4) is 0 Å². The Morgan fingerprint density at radius 3 is 2.26 bits per heavy atom. The lowest BCUT2D eigenvalue weighted by atomic mass is 10.0. The van der Waals surface area contributed by atoms with Crippen molar-refractivity contribution in [1.29, 1.82) is 0 Å². The van der Waals surface area contributed by atoms with E-state index in [2.05, 4.69) is 12.1 Å². The van der Waals surface area contributed by atoms with Gasteiger partial charge in [0.1, 0.15) is 0 Å². The van der Waals surface area contributed by atoms with Crippen LogP contribution in [0, 0.1) is 0 Å². The molecule has 2 nitrogen and oxygen atoms in total. The molecule has 0 unspecified atom stereocenters. The van der Waals surface area contributed by atoms with Gasteiger partial charge >= 0.3 is 0 Å². The second-order valence-electron chi connectivity index (χ2n) is 4.71. The zero-order chi connectivity index (χ0) is 13.2. The van der Waals surface area contributed by atoms with Gasteiger partial charge in [-0.2, -0.15) is 0 Å². The van der Waals surface area contributed by atoms with Crippen molar-refractivity contribution < 1.29 is 0 Å². The summed E-state index contributed by atoms with van der Waals surface area (Å²) in [5, 5.41) is 0. The van der Waals surface area contributed by atoms with Crippen LogP contribution in [0.5, 0.6) is 0 Å². The highest BCUT2D eigenvalue weighted by atomic mass is 16.1. The van der Waals surface area contributed by atoms with Crippen LogP contribution in [0.2, 0.25) is 0 Å². The highest BCUT2D eigenvalue weighted by Crippen LogP contribution is 2.24. The minimum absolute atomic E-state index is 0.102. The molecule has 0 spiro atoms. The van der Waals surface area contributed by atoms with Crippen molar-refractivity contribution >= 4 is 0 Å². The van der Waals surface area contributed by atoms with Crippen molar-refractivity contribution in [2.75, 3.05) is 0 Å². The predicted octanol–water partition coefficient (Wildman–Crippen LogP) is 3.08. The van der Waals surface area contributed by atoms with Gasteiger partial charge in [0.15, 0.2) is 0 Å². The molecule has 1 aliphatic carbocycles. The molecular weight excluding hydrogens is 234 g/mol. The molecule has 1 aromatic rings. The summed E-state index contributed by atoms with van der Waals surface area (Å²) in [5.74, 6) is 0. The van der Waals surface area contributed by atoms with Gasteiger partial charge in [-0.25, -0.2) is 0 Å². The standard InChI is InChI=1S/C17H15NO/c1-18-16-11-7-3-6-10-14(16)15(17(18)19)12-13-8-4-2-5-9-13/h2-11H,12H2,1H3. The normalized spacial score (nSPS) is 10.8. The molecule has 2 heteroatoms. The SMILES string of the molecule is Cn1c2cccccc-2c(Cc2ccccc2)c1=O. The van der Waals surface area contributed by atoms with E-state index in [9.17, 15) is 4.79 Å². The summed E-state index contributed by atoms with van der Waals surface area (Å²) in [6.07, 6.45) is 0.682. The van der Waals surface area contributed by atoms with E-state index in [4.69, 9.17) is 0 Å². The van der Waals surface area contributed by atoms with E-state index in [1.807, 2.05) is 55.6 Å². The van der Waals surface area contributed by atoms with Crippen LogP contribution < -0.4 is 5.56 Å². The van der Waals surface area contributed by atoms with E-state index in [0.29, 0.717) is 6.42 Å². The lowest BCUT2D eigenvalue weighted by molar-refractivity contribution is 0.888. The molecule has 0 amide bonds. The average Bonchev–Trinajstić information content (AvgIpc) is 2.65. The molecule has 3 rings (SSSR count). The van der Waals surface area contributed by atoms with Gasteiger partial charge in [0, 0.05) is 24.6 Å². The average molecular weight is 249 g/mol. The molecule has 0 radical (unpaired) electrons. The summed E-state index contributed by atoms with van der Waals surface area (Å²) >= 11 is 0. The largest absolute Gasteiger partial charge is 0.311 e. The number of hydrogen-bond acceptors (Lipinski definition) is 1. The van der Waals surface area contributed by atoms with Gasteiger partial charge in [0.25, 0.3) is 5.56 Å². The zero-order valence-electron chi connectivity index (χ0n) is 10.8. The fourth-order valence-corrected chi connectivity index (χ4v) is 2.48. The molecule has 94 valence electrons. The molecule has 1 heterocycles. The Bertz CT molecular complexity index is 728. The van der Waals surface area contributed by atoms with Gasteiger partial charge in [-0.05, 0) is 11.6 Å². The van der Waals surface area contributed by atoms with Crippen molar-refractivity contribution in [3.8, 4) is 11.3 Å². The van der Waals surface area contributed by atoms with Crippen molar-refractivity contribution in [2.24, 2.45) is 7.05 Å². The van der Waals surface area contributed by atoms with E-state index in [0.717, 1.165) is 16.8 Å². The van der Waals surface area contributed by atoms with Crippen molar-refractivity contribution in [3.63, 3.8) is 0 Å². The van der Waals surface area contributed by atoms with Gasteiger partial charge < -0.3 is 4.57 Å². The van der Waals surface area contributed by atoms with E-state index < -0.39 is 0 Å². The maximum Gasteiger partial charge on any atom is 0.254 e. The molecule has 1 aromatic carbocycles. The smallest absolute Gasteiger partial charge is 0.254 e. The summed E-state index contributed by atoms with van der Waals surface area (Å²) in [5.41, 5.74) is 4.17. The lowest BCUT2D eigenvalue weighted by Gasteiger charge is -2.00. The second-order valence-corrected chi connectivity index (χ2v) is 4.71. The Balaban J connectivity index is 2.16. The highest BCUT2D eigenvalue weighted by molar-refractivity contribution is 5.66. The number of aromatic nitrogens is 1. The van der Waals surface area contributed by atoms with Crippen LogP contribution in [0.25, 0.3) is 11.3 Å². The van der Waals surface area contributed by atoms with Crippen LogP contribution in [-0.2, 0) is 13.5 Å². The molecule has 0 saturated heterocycles. The molecule has 1 aliphatic heterocycles. The molecular formula is C17H15NO. The summed E-state index contributed by atoms with van der Waals surface area (Å²) in [6.45, 7) is 0. The lowest BCUT2D eigenvalue weighted by Crippen LogP contribution is -2.14. The van der Waals surface area contributed by atoms with Crippen molar-refractivity contribution in [3.05, 3.63) is 82.1 Å². The maximum absolute atomic E-state index is 12.4. The minimum Gasteiger partial charge on any atom is -0.311 e. The number of fused-ring (bicyclic) bond motifs is 1. The predicted molar refractivity (Wildman–Crippen MR) is 77.6 cm³/mol. The summed E-state index contributed by atoms with van der Waals surface area (Å²) < 4.78 is 1.73. The maximum atomic E-state index is 12.4. The van der Waals surface area contributed by atoms with Crippen LogP contribution in [0.1, 0.15) is 11.1 Å². The summed E-state index contributed by atoms with van der Waals surface area (Å²) in [4.78, 5) is 12.4. The zero-order valence-corrected chi connectivity index (χ0v) is 10.8. The Morgan fingerprint density at radius 1 is 0.895 bits per heavy atom. The number of nitrogens with zero attached hydrogens (tertiary/aromatic N) is 1.